The third-order valence-corrected chi connectivity index (χ3v) is 9.98. The van der Waals surface area contributed by atoms with Gasteiger partial charge in [-0.3, -0.25) is 9.52 Å². The number of hydrogen-bond acceptors (Lipinski definition) is 8. The highest BCUT2D eigenvalue weighted by molar-refractivity contribution is 7.90. The zero-order valence-electron chi connectivity index (χ0n) is 26.9. The minimum Gasteiger partial charge on any atom is -0.505 e. The zero-order chi connectivity index (χ0) is 35.3. The lowest BCUT2D eigenvalue weighted by molar-refractivity contribution is -0.136. The van der Waals surface area contributed by atoms with Crippen molar-refractivity contribution >= 4 is 67.2 Å². The number of piperazine rings is 1. The lowest BCUT2D eigenvalue weighted by Crippen LogP contribution is -2.50. The van der Waals surface area contributed by atoms with Crippen LogP contribution in [0.2, 0.25) is 10.0 Å². The van der Waals surface area contributed by atoms with Gasteiger partial charge in [0.15, 0.2) is 0 Å². The van der Waals surface area contributed by atoms with Gasteiger partial charge in [0.05, 0.1) is 35.5 Å². The Labute approximate surface area is 294 Å². The summed E-state index contributed by atoms with van der Waals surface area (Å²) >= 11 is 12.3. The monoisotopic (exact) mass is 734 g/mol. The molecule has 15 heteroatoms. The normalized spacial score (nSPS) is 13.9. The van der Waals surface area contributed by atoms with E-state index in [-0.39, 0.29) is 73.2 Å². The molecule has 0 saturated carbocycles. The quantitative estimate of drug-likeness (QED) is 0.122. The summed E-state index contributed by atoms with van der Waals surface area (Å²) in [6, 6.07) is 17.2. The second-order valence-corrected chi connectivity index (χ2v) is 14.2. The number of carbonyl (C=O) groups is 1. The molecule has 0 aliphatic carbocycles. The molecule has 262 valence electrons. The standard InChI is InChI=1S/C34H37Cl2FN4O7S/c1-22(2)48-32-20-25(6-10-29(32)36)39-13-15-41(16-14-39)49(45,46)38-30-21-31(34(44)28-19-24(37)5-9-27(28)30)40(12-11-33(42)43)17-18-47-26-7-3-23(35)4-8-26/h3-10,19-22,38,44H,11-18H2,1-2H3,(H,42,43). The van der Waals surface area contributed by atoms with Gasteiger partial charge in [0.1, 0.15) is 29.7 Å². The molecule has 11 nitrogen and oxygen atoms in total. The minimum atomic E-state index is -4.12. The third kappa shape index (κ3) is 9.09. The number of rotatable bonds is 14. The minimum absolute atomic E-state index is 0.0452. The van der Waals surface area contributed by atoms with Crippen LogP contribution < -0.4 is 24.0 Å². The SMILES string of the molecule is CC(C)Oc1cc(N2CCN(S(=O)(=O)Nc3cc(N(CCOc4ccc(Cl)cc4)CCC(=O)O)c(O)c4cc(F)ccc34)CC2)ccc1Cl. The van der Waals surface area contributed by atoms with Gasteiger partial charge in [-0.2, -0.15) is 12.7 Å². The van der Waals surface area contributed by atoms with Crippen molar-refractivity contribution in [3.05, 3.63) is 82.6 Å². The molecule has 0 aromatic heterocycles. The average molecular weight is 736 g/mol. The van der Waals surface area contributed by atoms with Gasteiger partial charge >= 0.3 is 16.2 Å². The number of aromatic hydroxyl groups is 1. The Kier molecular flexibility index (Phi) is 11.5. The maximum absolute atomic E-state index is 14.5. The zero-order valence-corrected chi connectivity index (χ0v) is 29.2. The summed E-state index contributed by atoms with van der Waals surface area (Å²) in [4.78, 5) is 15.1. The maximum atomic E-state index is 14.5. The molecule has 3 N–H and O–H groups in total. The molecular weight excluding hydrogens is 698 g/mol. The van der Waals surface area contributed by atoms with Gasteiger partial charge in [0.25, 0.3) is 0 Å². The molecule has 1 aliphatic rings. The first-order chi connectivity index (χ1) is 23.3. The van der Waals surface area contributed by atoms with Crippen molar-refractivity contribution < 1.29 is 37.3 Å². The molecule has 49 heavy (non-hydrogen) atoms. The van der Waals surface area contributed by atoms with E-state index in [1.807, 2.05) is 30.9 Å². The van der Waals surface area contributed by atoms with Gasteiger partial charge in [-0.1, -0.05) is 23.2 Å². The van der Waals surface area contributed by atoms with Crippen LogP contribution in [0.4, 0.5) is 21.5 Å². The van der Waals surface area contributed by atoms with Crippen LogP contribution >= 0.6 is 23.2 Å². The Morgan fingerprint density at radius 3 is 2.37 bits per heavy atom. The van der Waals surface area contributed by atoms with E-state index in [9.17, 15) is 27.8 Å². The second-order valence-electron chi connectivity index (χ2n) is 11.7. The van der Waals surface area contributed by atoms with Crippen LogP contribution in [0.25, 0.3) is 10.8 Å². The van der Waals surface area contributed by atoms with Crippen molar-refractivity contribution in [2.24, 2.45) is 0 Å². The number of carboxylic acids is 1. The molecule has 5 rings (SSSR count). The number of nitrogens with one attached hydrogen (secondary N) is 1. The Hall–Kier alpha value is -4.17. The smallest absolute Gasteiger partial charge is 0.305 e. The summed E-state index contributed by atoms with van der Waals surface area (Å²) in [7, 11) is -4.12. The predicted molar refractivity (Wildman–Crippen MR) is 191 cm³/mol. The number of phenolic OH excluding ortho intramolecular Hbond substituents is 1. The van der Waals surface area contributed by atoms with E-state index in [1.54, 1.807) is 35.2 Å². The van der Waals surface area contributed by atoms with Crippen molar-refractivity contribution in [1.82, 2.24) is 4.31 Å². The van der Waals surface area contributed by atoms with Crippen LogP contribution in [0.15, 0.2) is 66.7 Å². The first-order valence-electron chi connectivity index (χ1n) is 15.6. The molecule has 0 radical (unpaired) electrons. The van der Waals surface area contributed by atoms with Crippen molar-refractivity contribution in [1.29, 1.82) is 0 Å². The first kappa shape index (κ1) is 36.1. The van der Waals surface area contributed by atoms with Crippen LogP contribution in [0, 0.1) is 5.82 Å². The van der Waals surface area contributed by atoms with Crippen LogP contribution in [-0.4, -0.2) is 80.9 Å². The van der Waals surface area contributed by atoms with E-state index >= 15 is 0 Å². The molecule has 0 bridgehead atoms. The second kappa shape index (κ2) is 15.6. The fraction of sp³-hybridized carbons (Fsp3) is 0.324. The van der Waals surface area contributed by atoms with Crippen molar-refractivity contribution in [2.75, 3.05) is 60.4 Å². The number of anilines is 3. The number of halogens is 3. The van der Waals surface area contributed by atoms with Gasteiger partial charge in [0, 0.05) is 60.3 Å². The number of fused-ring (bicyclic) bond motifs is 1. The molecule has 4 aromatic carbocycles. The summed E-state index contributed by atoms with van der Waals surface area (Å²) in [5.41, 5.74) is 1.06. The molecule has 0 spiro atoms. The topological polar surface area (TPSA) is 132 Å². The molecular formula is C34H37Cl2FN4O7S. The highest BCUT2D eigenvalue weighted by atomic mass is 35.5. The number of carboxylic acid groups (broad SMARTS) is 1. The number of phenols is 1. The maximum Gasteiger partial charge on any atom is 0.305 e. The molecule has 0 atom stereocenters. The van der Waals surface area contributed by atoms with Crippen molar-refractivity contribution in [3.63, 3.8) is 0 Å². The van der Waals surface area contributed by atoms with Crippen molar-refractivity contribution in [2.45, 2.75) is 26.4 Å². The molecule has 0 unspecified atom stereocenters. The highest BCUT2D eigenvalue weighted by Gasteiger charge is 2.29. The van der Waals surface area contributed by atoms with E-state index in [1.165, 1.54) is 22.5 Å². The highest BCUT2D eigenvalue weighted by Crippen LogP contribution is 2.41. The predicted octanol–water partition coefficient (Wildman–Crippen LogP) is 6.62. The molecule has 1 aliphatic heterocycles. The van der Waals surface area contributed by atoms with E-state index in [0.717, 1.165) is 11.8 Å². The average Bonchev–Trinajstić information content (AvgIpc) is 3.05. The summed E-state index contributed by atoms with van der Waals surface area (Å²) in [5, 5.41) is 22.1. The molecule has 1 heterocycles. The lowest BCUT2D eigenvalue weighted by atomic mass is 10.1. The Morgan fingerprint density at radius 1 is 0.980 bits per heavy atom. The van der Waals surface area contributed by atoms with E-state index in [4.69, 9.17) is 32.7 Å². The Morgan fingerprint density at radius 2 is 1.69 bits per heavy atom. The molecule has 0 amide bonds. The van der Waals surface area contributed by atoms with Gasteiger partial charge in [-0.25, -0.2) is 4.39 Å². The van der Waals surface area contributed by atoms with Gasteiger partial charge < -0.3 is 29.5 Å². The number of hydrogen-bond donors (Lipinski definition) is 3. The van der Waals surface area contributed by atoms with E-state index < -0.39 is 22.0 Å². The van der Waals surface area contributed by atoms with Crippen LogP contribution in [-0.2, 0) is 15.0 Å². The van der Waals surface area contributed by atoms with Crippen molar-refractivity contribution in [3.8, 4) is 17.2 Å². The van der Waals surface area contributed by atoms with E-state index in [2.05, 4.69) is 4.72 Å². The van der Waals surface area contributed by atoms with Crippen LogP contribution in [0.1, 0.15) is 20.3 Å². The molecule has 4 aromatic rings. The van der Waals surface area contributed by atoms with E-state index in [0.29, 0.717) is 34.6 Å². The summed E-state index contributed by atoms with van der Waals surface area (Å²) < 4.78 is 57.6. The number of aliphatic carboxylic acids is 1. The number of ether oxygens (including phenoxy) is 2. The number of benzene rings is 4. The third-order valence-electron chi connectivity index (χ3n) is 7.89. The molecule has 1 fully saturated rings. The Balaban J connectivity index is 1.38. The fourth-order valence-corrected chi connectivity index (χ4v) is 7.01. The lowest BCUT2D eigenvalue weighted by Gasteiger charge is -2.35. The first-order valence-corrected chi connectivity index (χ1v) is 17.8. The van der Waals surface area contributed by atoms with Crippen LogP contribution in [0.3, 0.4) is 0 Å². The van der Waals surface area contributed by atoms with Gasteiger partial charge in [0.2, 0.25) is 0 Å². The fourth-order valence-electron chi connectivity index (χ4n) is 5.50. The summed E-state index contributed by atoms with van der Waals surface area (Å²) in [6.07, 6.45) is -0.355. The Bertz CT molecular complexity index is 1910. The molecule has 1 saturated heterocycles. The largest absolute Gasteiger partial charge is 0.505 e. The van der Waals surface area contributed by atoms with Crippen LogP contribution in [0.5, 0.6) is 17.2 Å². The summed E-state index contributed by atoms with van der Waals surface area (Å²) in [5.74, 6) is -0.964. The summed E-state index contributed by atoms with van der Waals surface area (Å²) in [6.45, 7) is 5.10. The van der Waals surface area contributed by atoms with Gasteiger partial charge in [-0.05, 0) is 74.5 Å². The number of nitrogens with zero attached hydrogens (tertiary/aromatic N) is 3. The van der Waals surface area contributed by atoms with Gasteiger partial charge in [-0.15, -0.1) is 0 Å².